The molecule has 0 saturated heterocycles. The number of carbonyl (C=O) groups is 2. The lowest BCUT2D eigenvalue weighted by molar-refractivity contribution is -0.444. The molecule has 0 aromatic carbocycles. The number of halogens is 13. The highest BCUT2D eigenvalue weighted by Crippen LogP contribution is 2.60. The molecular weight excluding hydrogens is 485 g/mol. The lowest BCUT2D eigenvalue weighted by Crippen LogP contribution is -2.72. The number of hydrogen-bond acceptors (Lipinski definition) is 4. The van der Waals surface area contributed by atoms with Crippen molar-refractivity contribution < 1.29 is 82.0 Å². The standard InChI is InChI=1S/C12H10F13NO5/c13-7(14,4(27)2-26-3(6(30)31)1-5(28)29)8(15,16)9(17,18)10(19,20)11(21,22)12(23,24)25/h3-4,26-27H,1-2H2,(H,28,29)(H,30,31)/t3-,4-/m0/s1. The van der Waals surface area contributed by atoms with Gasteiger partial charge in [0.05, 0.1) is 6.42 Å². The molecule has 0 spiro atoms. The SMILES string of the molecule is O=C(O)C[C@H](NC[C@H](O)C(F)(F)C(F)(F)C(F)(F)C(F)(F)C(F)(F)C(F)(F)F)C(=O)O. The van der Waals surface area contributed by atoms with Crippen LogP contribution < -0.4 is 5.32 Å². The smallest absolute Gasteiger partial charge is 0.460 e. The maximum absolute atomic E-state index is 13.6. The summed E-state index contributed by atoms with van der Waals surface area (Å²) in [5.41, 5.74) is 0. The highest BCUT2D eigenvalue weighted by Gasteiger charge is 2.91. The normalized spacial score (nSPS) is 16.7. The molecule has 0 bridgehead atoms. The summed E-state index contributed by atoms with van der Waals surface area (Å²) in [7, 11) is 0. The summed E-state index contributed by atoms with van der Waals surface area (Å²) in [4.78, 5) is 21.0. The van der Waals surface area contributed by atoms with Crippen molar-refractivity contribution in [3.05, 3.63) is 0 Å². The first-order valence-electron chi connectivity index (χ1n) is 7.21. The van der Waals surface area contributed by atoms with Crippen molar-refractivity contribution in [1.29, 1.82) is 0 Å². The zero-order valence-corrected chi connectivity index (χ0v) is 14.1. The predicted molar refractivity (Wildman–Crippen MR) is 68.5 cm³/mol. The van der Waals surface area contributed by atoms with Crippen LogP contribution >= 0.6 is 0 Å². The molecule has 4 N–H and O–H groups in total. The molecule has 0 unspecified atom stereocenters. The van der Waals surface area contributed by atoms with E-state index in [2.05, 4.69) is 0 Å². The average molecular weight is 495 g/mol. The van der Waals surface area contributed by atoms with Gasteiger partial charge in [-0.3, -0.25) is 9.59 Å². The van der Waals surface area contributed by atoms with Crippen LogP contribution in [0, 0.1) is 0 Å². The van der Waals surface area contributed by atoms with Crippen LogP contribution in [0.15, 0.2) is 0 Å². The molecule has 0 rings (SSSR count). The molecule has 0 fully saturated rings. The fourth-order valence-electron chi connectivity index (χ4n) is 1.79. The molecule has 0 aliphatic carbocycles. The van der Waals surface area contributed by atoms with Crippen LogP contribution in [-0.2, 0) is 9.59 Å². The Balaban J connectivity index is 5.99. The van der Waals surface area contributed by atoms with Crippen LogP contribution in [0.3, 0.4) is 0 Å². The summed E-state index contributed by atoms with van der Waals surface area (Å²) in [6, 6.07) is -2.42. The fraction of sp³-hybridized carbons (Fsp3) is 0.833. The van der Waals surface area contributed by atoms with Gasteiger partial charge in [-0.05, 0) is 0 Å². The molecule has 19 heteroatoms. The van der Waals surface area contributed by atoms with Gasteiger partial charge in [0.15, 0.2) is 0 Å². The second-order valence-electron chi connectivity index (χ2n) is 5.83. The summed E-state index contributed by atoms with van der Waals surface area (Å²) in [6.45, 7) is -2.22. The highest BCUT2D eigenvalue weighted by molar-refractivity contribution is 5.80. The molecule has 2 atom stereocenters. The summed E-state index contributed by atoms with van der Waals surface area (Å²) in [5, 5.41) is 27.0. The molecule has 0 heterocycles. The van der Waals surface area contributed by atoms with E-state index in [-0.39, 0.29) is 0 Å². The van der Waals surface area contributed by atoms with Crippen LogP contribution in [-0.4, -0.2) is 81.7 Å². The number of carboxylic acids is 2. The molecule has 0 amide bonds. The van der Waals surface area contributed by atoms with Gasteiger partial charge in [0.2, 0.25) is 0 Å². The minimum absolute atomic E-state index is 1.17. The molecular formula is C12H10F13NO5. The predicted octanol–water partition coefficient (Wildman–Crippen LogP) is 2.60. The Bertz CT molecular complexity index is 678. The minimum Gasteiger partial charge on any atom is -0.481 e. The number of alkyl halides is 13. The van der Waals surface area contributed by atoms with Crippen molar-refractivity contribution in [3.8, 4) is 0 Å². The Kier molecular flexibility index (Phi) is 7.91. The first-order chi connectivity index (χ1) is 13.4. The zero-order valence-electron chi connectivity index (χ0n) is 14.1. The van der Waals surface area contributed by atoms with Crippen LogP contribution in [0.2, 0.25) is 0 Å². The van der Waals surface area contributed by atoms with Gasteiger partial charge in [-0.1, -0.05) is 0 Å². The minimum atomic E-state index is -8.15. The van der Waals surface area contributed by atoms with E-state index >= 15 is 0 Å². The van der Waals surface area contributed by atoms with Crippen LogP contribution in [0.25, 0.3) is 0 Å². The number of aliphatic hydroxyl groups is 1. The van der Waals surface area contributed by atoms with Crippen LogP contribution in [0.1, 0.15) is 6.42 Å². The average Bonchev–Trinajstić information content (AvgIpc) is 2.55. The van der Waals surface area contributed by atoms with Gasteiger partial charge < -0.3 is 20.6 Å². The van der Waals surface area contributed by atoms with Gasteiger partial charge >= 0.3 is 47.7 Å². The van der Waals surface area contributed by atoms with Crippen molar-refractivity contribution >= 4 is 11.9 Å². The molecule has 0 aromatic heterocycles. The van der Waals surface area contributed by atoms with Crippen molar-refractivity contribution in [3.63, 3.8) is 0 Å². The quantitative estimate of drug-likeness (QED) is 0.329. The Hall–Kier alpha value is -2.05. The van der Waals surface area contributed by atoms with E-state index in [1.807, 2.05) is 0 Å². The maximum atomic E-state index is 13.6. The Morgan fingerprint density at radius 3 is 1.42 bits per heavy atom. The van der Waals surface area contributed by atoms with Crippen LogP contribution in [0.4, 0.5) is 57.1 Å². The summed E-state index contributed by atoms with van der Waals surface area (Å²) < 4.78 is 168. The monoisotopic (exact) mass is 495 g/mol. The van der Waals surface area contributed by atoms with E-state index < -0.39 is 72.8 Å². The third kappa shape index (κ3) is 4.90. The molecule has 31 heavy (non-hydrogen) atoms. The van der Waals surface area contributed by atoms with Gasteiger partial charge in [0.1, 0.15) is 12.1 Å². The number of rotatable bonds is 11. The lowest BCUT2D eigenvalue weighted by atomic mass is 9.91. The Labute approximate surface area is 161 Å². The Morgan fingerprint density at radius 2 is 1.10 bits per heavy atom. The van der Waals surface area contributed by atoms with Gasteiger partial charge in [0, 0.05) is 6.54 Å². The fourth-order valence-corrected chi connectivity index (χ4v) is 1.79. The van der Waals surface area contributed by atoms with E-state index in [4.69, 9.17) is 15.3 Å². The number of aliphatic carboxylic acids is 2. The maximum Gasteiger partial charge on any atom is 0.460 e. The third-order valence-corrected chi connectivity index (χ3v) is 3.61. The topological polar surface area (TPSA) is 107 Å². The zero-order chi connectivity index (χ0) is 25.4. The lowest BCUT2D eigenvalue weighted by Gasteiger charge is -2.40. The van der Waals surface area contributed by atoms with Crippen molar-refractivity contribution in [1.82, 2.24) is 5.32 Å². The van der Waals surface area contributed by atoms with Gasteiger partial charge in [-0.15, -0.1) is 0 Å². The first-order valence-corrected chi connectivity index (χ1v) is 7.21. The van der Waals surface area contributed by atoms with Crippen molar-refractivity contribution in [2.75, 3.05) is 6.54 Å². The van der Waals surface area contributed by atoms with Gasteiger partial charge in [0.25, 0.3) is 0 Å². The molecule has 0 aromatic rings. The molecule has 0 aliphatic rings. The number of carboxylic acid groups (broad SMARTS) is 2. The van der Waals surface area contributed by atoms with Crippen molar-refractivity contribution in [2.24, 2.45) is 0 Å². The van der Waals surface area contributed by atoms with E-state index in [9.17, 15) is 66.7 Å². The number of aliphatic hydroxyl groups excluding tert-OH is 1. The largest absolute Gasteiger partial charge is 0.481 e. The van der Waals surface area contributed by atoms with E-state index in [0.717, 1.165) is 0 Å². The van der Waals surface area contributed by atoms with Crippen LogP contribution in [0.5, 0.6) is 0 Å². The number of nitrogens with one attached hydrogen (secondary N) is 1. The number of hydrogen-bond donors (Lipinski definition) is 4. The molecule has 0 aliphatic heterocycles. The van der Waals surface area contributed by atoms with Crippen molar-refractivity contribution in [2.45, 2.75) is 54.4 Å². The molecule has 0 saturated carbocycles. The second kappa shape index (κ2) is 8.47. The first kappa shape index (κ1) is 28.9. The van der Waals surface area contributed by atoms with E-state index in [1.165, 1.54) is 5.32 Å². The summed E-state index contributed by atoms with van der Waals surface area (Å²) >= 11 is 0. The molecule has 6 nitrogen and oxygen atoms in total. The third-order valence-electron chi connectivity index (χ3n) is 3.61. The molecule has 184 valence electrons. The summed E-state index contributed by atoms with van der Waals surface area (Å²) in [6.07, 6.45) is -13.3. The Morgan fingerprint density at radius 1 is 0.710 bits per heavy atom. The van der Waals surface area contributed by atoms with Gasteiger partial charge in [-0.2, -0.15) is 57.1 Å². The van der Waals surface area contributed by atoms with Gasteiger partial charge in [-0.25, -0.2) is 0 Å². The van der Waals surface area contributed by atoms with E-state index in [1.54, 1.807) is 0 Å². The van der Waals surface area contributed by atoms with E-state index in [0.29, 0.717) is 0 Å². The second-order valence-corrected chi connectivity index (χ2v) is 5.83. The summed E-state index contributed by atoms with van der Waals surface area (Å²) in [5.74, 6) is -42.9. The molecule has 0 radical (unpaired) electrons. The highest BCUT2D eigenvalue weighted by atomic mass is 19.4.